The summed E-state index contributed by atoms with van der Waals surface area (Å²) < 4.78 is 87.1. The summed E-state index contributed by atoms with van der Waals surface area (Å²) in [5, 5.41) is 4.24. The van der Waals surface area contributed by atoms with Crippen molar-refractivity contribution in [2.75, 3.05) is 13.2 Å². The van der Waals surface area contributed by atoms with E-state index in [0.29, 0.717) is 5.69 Å². The van der Waals surface area contributed by atoms with Gasteiger partial charge in [-0.1, -0.05) is 18.9 Å². The maximum absolute atomic E-state index is 12.6. The van der Waals surface area contributed by atoms with E-state index in [4.69, 9.17) is 9.47 Å². The van der Waals surface area contributed by atoms with Crippen molar-refractivity contribution < 1.29 is 35.8 Å². The molecule has 3 rings (SSSR count). The molecule has 0 amide bonds. The van der Waals surface area contributed by atoms with Gasteiger partial charge < -0.3 is 9.47 Å². The standard InChI is InChI=1S/C18H18F6N2O2/c19-17(20,21)10-27-14-6-3-7-15(28-11-18(22,23)24)16(14)13-8-9-25-26(13)12-4-1-2-5-12/h3,6-9,12H,1-2,4-5,10-11H2. The number of ether oxygens (including phenoxy) is 2. The normalized spacial score (nSPS) is 15.8. The SMILES string of the molecule is FC(F)(F)COc1cccc(OCC(F)(F)F)c1-c1ccnn1C1CCCC1. The van der Waals surface area contributed by atoms with E-state index in [1.54, 1.807) is 4.68 Å². The number of hydrogen-bond acceptors (Lipinski definition) is 3. The Morgan fingerprint density at radius 1 is 0.893 bits per heavy atom. The molecule has 1 saturated carbocycles. The molecule has 0 radical (unpaired) electrons. The first-order valence-corrected chi connectivity index (χ1v) is 8.70. The van der Waals surface area contributed by atoms with E-state index in [9.17, 15) is 26.3 Å². The summed E-state index contributed by atoms with van der Waals surface area (Å²) >= 11 is 0. The van der Waals surface area contributed by atoms with Crippen LogP contribution in [0.1, 0.15) is 31.7 Å². The van der Waals surface area contributed by atoms with Crippen LogP contribution in [0.15, 0.2) is 30.5 Å². The van der Waals surface area contributed by atoms with Crippen LogP contribution in [0.25, 0.3) is 11.3 Å². The molecular formula is C18H18F6N2O2. The summed E-state index contributed by atoms with van der Waals surface area (Å²) in [5.41, 5.74) is 0.391. The number of hydrogen-bond donors (Lipinski definition) is 0. The summed E-state index contributed by atoms with van der Waals surface area (Å²) in [5.74, 6) is -0.423. The van der Waals surface area contributed by atoms with E-state index in [1.807, 2.05) is 0 Å². The molecule has 154 valence electrons. The molecule has 0 bridgehead atoms. The summed E-state index contributed by atoms with van der Waals surface area (Å²) in [4.78, 5) is 0. The lowest BCUT2D eigenvalue weighted by Crippen LogP contribution is -2.21. The van der Waals surface area contributed by atoms with Crippen LogP contribution in [0.5, 0.6) is 11.5 Å². The third-order valence-electron chi connectivity index (χ3n) is 4.37. The highest BCUT2D eigenvalue weighted by Gasteiger charge is 2.32. The maximum Gasteiger partial charge on any atom is 0.422 e. The number of aromatic nitrogens is 2. The highest BCUT2D eigenvalue weighted by molar-refractivity contribution is 5.74. The number of alkyl halides is 6. The zero-order valence-electron chi connectivity index (χ0n) is 14.7. The highest BCUT2D eigenvalue weighted by atomic mass is 19.4. The van der Waals surface area contributed by atoms with Crippen LogP contribution in [-0.2, 0) is 0 Å². The fourth-order valence-electron chi connectivity index (χ4n) is 3.28. The lowest BCUT2D eigenvalue weighted by atomic mass is 10.1. The average Bonchev–Trinajstić information content (AvgIpc) is 3.27. The molecule has 1 fully saturated rings. The van der Waals surface area contributed by atoms with Crippen LogP contribution in [0.2, 0.25) is 0 Å². The molecule has 0 unspecified atom stereocenters. The maximum atomic E-state index is 12.6. The van der Waals surface area contributed by atoms with Crippen molar-refractivity contribution in [3.63, 3.8) is 0 Å². The average molecular weight is 408 g/mol. The molecule has 0 saturated heterocycles. The van der Waals surface area contributed by atoms with Crippen molar-refractivity contribution in [2.24, 2.45) is 0 Å². The van der Waals surface area contributed by atoms with Gasteiger partial charge in [-0.3, -0.25) is 4.68 Å². The lowest BCUT2D eigenvalue weighted by molar-refractivity contribution is -0.153. The Hall–Kier alpha value is -2.39. The van der Waals surface area contributed by atoms with Gasteiger partial charge in [0.25, 0.3) is 0 Å². The molecule has 1 aromatic heterocycles. The van der Waals surface area contributed by atoms with Crippen LogP contribution in [-0.4, -0.2) is 35.3 Å². The molecule has 1 aromatic carbocycles. The van der Waals surface area contributed by atoms with Gasteiger partial charge in [-0.15, -0.1) is 0 Å². The monoisotopic (exact) mass is 408 g/mol. The number of halogens is 6. The van der Waals surface area contributed by atoms with E-state index in [2.05, 4.69) is 5.10 Å². The van der Waals surface area contributed by atoms with E-state index in [0.717, 1.165) is 25.7 Å². The Morgan fingerprint density at radius 3 is 1.93 bits per heavy atom. The van der Waals surface area contributed by atoms with Crippen molar-refractivity contribution >= 4 is 0 Å². The van der Waals surface area contributed by atoms with Gasteiger partial charge in [-0.05, 0) is 31.0 Å². The van der Waals surface area contributed by atoms with Crippen LogP contribution in [0.4, 0.5) is 26.3 Å². The summed E-state index contributed by atoms with van der Waals surface area (Å²) in [7, 11) is 0. The first-order valence-electron chi connectivity index (χ1n) is 8.70. The highest BCUT2D eigenvalue weighted by Crippen LogP contribution is 2.42. The van der Waals surface area contributed by atoms with Crippen molar-refractivity contribution in [1.29, 1.82) is 0 Å². The Bertz CT molecular complexity index is 758. The molecule has 0 spiro atoms. The third-order valence-corrected chi connectivity index (χ3v) is 4.37. The molecule has 0 atom stereocenters. The van der Waals surface area contributed by atoms with Gasteiger partial charge in [-0.2, -0.15) is 31.4 Å². The largest absolute Gasteiger partial charge is 0.483 e. The van der Waals surface area contributed by atoms with Crippen molar-refractivity contribution in [3.8, 4) is 22.8 Å². The van der Waals surface area contributed by atoms with Crippen LogP contribution >= 0.6 is 0 Å². The topological polar surface area (TPSA) is 36.3 Å². The molecule has 1 heterocycles. The molecule has 28 heavy (non-hydrogen) atoms. The summed E-state index contributed by atoms with van der Waals surface area (Å²) in [6.45, 7) is -3.14. The molecule has 0 aliphatic heterocycles. The minimum atomic E-state index is -4.59. The minimum absolute atomic E-state index is 0.0242. The van der Waals surface area contributed by atoms with Crippen LogP contribution < -0.4 is 9.47 Å². The molecule has 4 nitrogen and oxygen atoms in total. The fraction of sp³-hybridized carbons (Fsp3) is 0.500. The predicted octanol–water partition coefficient (Wildman–Crippen LogP) is 5.55. The summed E-state index contributed by atoms with van der Waals surface area (Å²) in [6.07, 6.45) is -4.10. The Labute approximate surface area is 157 Å². The van der Waals surface area contributed by atoms with E-state index >= 15 is 0 Å². The van der Waals surface area contributed by atoms with E-state index in [1.165, 1.54) is 30.5 Å². The second kappa shape index (κ2) is 7.92. The van der Waals surface area contributed by atoms with Gasteiger partial charge in [0, 0.05) is 6.20 Å². The predicted molar refractivity (Wildman–Crippen MR) is 88.3 cm³/mol. The second-order valence-electron chi connectivity index (χ2n) is 6.54. The van der Waals surface area contributed by atoms with Crippen molar-refractivity contribution in [1.82, 2.24) is 9.78 Å². The van der Waals surface area contributed by atoms with Crippen molar-refractivity contribution in [3.05, 3.63) is 30.5 Å². The Kier molecular flexibility index (Phi) is 5.76. The molecule has 10 heteroatoms. The second-order valence-corrected chi connectivity index (χ2v) is 6.54. The molecular weight excluding hydrogens is 390 g/mol. The first-order chi connectivity index (χ1) is 13.1. The fourth-order valence-corrected chi connectivity index (χ4v) is 3.28. The quantitative estimate of drug-likeness (QED) is 0.589. The van der Waals surface area contributed by atoms with Gasteiger partial charge in [-0.25, -0.2) is 0 Å². The lowest BCUT2D eigenvalue weighted by Gasteiger charge is -2.20. The van der Waals surface area contributed by atoms with Gasteiger partial charge in [0.15, 0.2) is 13.2 Å². The summed E-state index contributed by atoms with van der Waals surface area (Å²) in [6, 6.07) is 5.39. The van der Waals surface area contributed by atoms with Crippen molar-refractivity contribution in [2.45, 2.75) is 44.1 Å². The van der Waals surface area contributed by atoms with Gasteiger partial charge in [0.1, 0.15) is 11.5 Å². The van der Waals surface area contributed by atoms with Crippen LogP contribution in [0, 0.1) is 0 Å². The zero-order chi connectivity index (χ0) is 20.4. The number of rotatable bonds is 6. The molecule has 1 aliphatic carbocycles. The molecule has 2 aromatic rings. The van der Waals surface area contributed by atoms with Gasteiger partial charge in [0.2, 0.25) is 0 Å². The molecule has 0 N–H and O–H groups in total. The van der Waals surface area contributed by atoms with E-state index in [-0.39, 0.29) is 23.1 Å². The van der Waals surface area contributed by atoms with E-state index < -0.39 is 25.6 Å². The number of benzene rings is 1. The smallest absolute Gasteiger partial charge is 0.422 e. The minimum Gasteiger partial charge on any atom is -0.483 e. The third kappa shape index (κ3) is 5.11. The van der Waals surface area contributed by atoms with Gasteiger partial charge >= 0.3 is 12.4 Å². The first kappa shape index (κ1) is 20.3. The van der Waals surface area contributed by atoms with Crippen LogP contribution in [0.3, 0.4) is 0 Å². The number of nitrogens with zero attached hydrogens (tertiary/aromatic N) is 2. The molecule has 1 aliphatic rings. The Morgan fingerprint density at radius 2 is 1.43 bits per heavy atom. The Balaban J connectivity index is 2.01. The zero-order valence-corrected chi connectivity index (χ0v) is 14.7. The van der Waals surface area contributed by atoms with Gasteiger partial charge in [0.05, 0.1) is 17.3 Å².